The lowest BCUT2D eigenvalue weighted by Crippen LogP contribution is -2.47. The minimum absolute atomic E-state index is 0.00664. The van der Waals surface area contributed by atoms with E-state index in [0.717, 1.165) is 0 Å². The first-order valence-corrected chi connectivity index (χ1v) is 7.78. The van der Waals surface area contributed by atoms with Gasteiger partial charge in [-0.3, -0.25) is 9.78 Å². The Morgan fingerprint density at radius 1 is 1.21 bits per heavy atom. The highest BCUT2D eigenvalue weighted by atomic mass is 16.4. The maximum absolute atomic E-state index is 11.9. The first kappa shape index (κ1) is 17.8. The number of rotatable bonds is 7. The van der Waals surface area contributed by atoms with E-state index in [-0.39, 0.29) is 18.8 Å². The van der Waals surface area contributed by atoms with Crippen LogP contribution < -0.4 is 5.32 Å². The molecule has 1 heterocycles. The Bertz CT molecular complexity index is 733. The third kappa shape index (κ3) is 4.73. The van der Waals surface area contributed by atoms with E-state index < -0.39 is 24.0 Å². The molecule has 1 amide bonds. The molecule has 0 bridgehead atoms. The van der Waals surface area contributed by atoms with Crippen LogP contribution in [0.5, 0.6) is 0 Å². The van der Waals surface area contributed by atoms with E-state index in [2.05, 4.69) is 15.3 Å². The lowest BCUT2D eigenvalue weighted by atomic mass is 10.0. The average Bonchev–Trinajstić information content (AvgIpc) is 2.53. The molecule has 24 heavy (non-hydrogen) atoms. The summed E-state index contributed by atoms with van der Waals surface area (Å²) in [5, 5.41) is 21.5. The third-order valence-corrected chi connectivity index (χ3v) is 3.52. The second-order valence-corrected chi connectivity index (χ2v) is 6.10. The molecule has 2 atom stereocenters. The van der Waals surface area contributed by atoms with Gasteiger partial charge >= 0.3 is 5.97 Å². The van der Waals surface area contributed by atoms with Crippen LogP contribution in [0, 0.1) is 5.92 Å². The number of hydrogen-bond donors (Lipinski definition) is 3. The molecule has 7 heteroatoms. The molecule has 0 radical (unpaired) electrons. The van der Waals surface area contributed by atoms with Crippen LogP contribution in [0.25, 0.3) is 11.0 Å². The average molecular weight is 331 g/mol. The molecule has 128 valence electrons. The van der Waals surface area contributed by atoms with Gasteiger partial charge in [0.2, 0.25) is 5.91 Å². The highest BCUT2D eigenvalue weighted by molar-refractivity contribution is 5.86. The number of aliphatic carboxylic acids is 1. The molecule has 0 aliphatic heterocycles. The Balaban J connectivity index is 2.09. The number of para-hydroxylation sites is 2. The van der Waals surface area contributed by atoms with Crippen molar-refractivity contribution in [1.82, 2.24) is 15.3 Å². The Kier molecular flexibility index (Phi) is 5.81. The largest absolute Gasteiger partial charge is 0.480 e. The van der Waals surface area contributed by atoms with Gasteiger partial charge in [-0.2, -0.15) is 0 Å². The van der Waals surface area contributed by atoms with Gasteiger partial charge in [-0.05, 0) is 24.5 Å². The summed E-state index contributed by atoms with van der Waals surface area (Å²) in [6, 6.07) is 6.08. The van der Waals surface area contributed by atoms with Crippen molar-refractivity contribution in [2.75, 3.05) is 0 Å². The molecule has 2 aromatic rings. The second kappa shape index (κ2) is 7.83. The van der Waals surface area contributed by atoms with Gasteiger partial charge in [0.1, 0.15) is 12.1 Å². The molecule has 0 spiro atoms. The van der Waals surface area contributed by atoms with E-state index in [1.54, 1.807) is 6.07 Å². The van der Waals surface area contributed by atoms with Gasteiger partial charge in [0.25, 0.3) is 0 Å². The zero-order chi connectivity index (χ0) is 17.7. The molecular weight excluding hydrogens is 310 g/mol. The van der Waals surface area contributed by atoms with Gasteiger partial charge < -0.3 is 15.5 Å². The SMILES string of the molecule is CC(C)C[C@H](O)C(=O)N[C@H](Cc1cnc2ccccc2n1)C(=O)O. The van der Waals surface area contributed by atoms with Crippen molar-refractivity contribution in [1.29, 1.82) is 0 Å². The second-order valence-electron chi connectivity index (χ2n) is 6.10. The molecule has 0 unspecified atom stereocenters. The summed E-state index contributed by atoms with van der Waals surface area (Å²) in [6.45, 7) is 3.74. The van der Waals surface area contributed by atoms with Crippen LogP contribution in [0.4, 0.5) is 0 Å². The number of hydrogen-bond acceptors (Lipinski definition) is 5. The van der Waals surface area contributed by atoms with Crippen LogP contribution in [0.2, 0.25) is 0 Å². The fourth-order valence-corrected chi connectivity index (χ4v) is 2.32. The Labute approximate surface area is 139 Å². The van der Waals surface area contributed by atoms with Gasteiger partial charge in [-0.1, -0.05) is 26.0 Å². The minimum Gasteiger partial charge on any atom is -0.480 e. The number of amides is 1. The first-order valence-electron chi connectivity index (χ1n) is 7.78. The van der Waals surface area contributed by atoms with Crippen molar-refractivity contribution in [2.24, 2.45) is 5.92 Å². The van der Waals surface area contributed by atoms with E-state index in [1.165, 1.54) is 6.20 Å². The van der Waals surface area contributed by atoms with Crippen molar-refractivity contribution < 1.29 is 19.8 Å². The molecule has 7 nitrogen and oxygen atoms in total. The molecule has 1 aromatic heterocycles. The number of aliphatic hydroxyl groups excluding tert-OH is 1. The summed E-state index contributed by atoms with van der Waals surface area (Å²) in [6.07, 6.45) is 0.533. The molecule has 0 aliphatic carbocycles. The Morgan fingerprint density at radius 3 is 2.50 bits per heavy atom. The van der Waals surface area contributed by atoms with Crippen LogP contribution in [0.15, 0.2) is 30.5 Å². The monoisotopic (exact) mass is 331 g/mol. The molecule has 1 aromatic carbocycles. The van der Waals surface area contributed by atoms with Crippen molar-refractivity contribution in [3.8, 4) is 0 Å². The van der Waals surface area contributed by atoms with E-state index in [0.29, 0.717) is 16.7 Å². The number of carboxylic acid groups (broad SMARTS) is 1. The molecule has 0 fully saturated rings. The molecule has 3 N–H and O–H groups in total. The van der Waals surface area contributed by atoms with Gasteiger partial charge in [0.15, 0.2) is 0 Å². The minimum atomic E-state index is -1.23. The number of nitrogens with one attached hydrogen (secondary N) is 1. The zero-order valence-corrected chi connectivity index (χ0v) is 13.6. The summed E-state index contributed by atoms with van der Waals surface area (Å²) < 4.78 is 0. The first-order chi connectivity index (χ1) is 11.4. The smallest absolute Gasteiger partial charge is 0.326 e. The molecule has 2 rings (SSSR count). The number of nitrogens with zero attached hydrogens (tertiary/aromatic N) is 2. The topological polar surface area (TPSA) is 112 Å². The number of benzene rings is 1. The summed E-state index contributed by atoms with van der Waals surface area (Å²) in [7, 11) is 0. The molecule has 0 saturated carbocycles. The van der Waals surface area contributed by atoms with Gasteiger partial charge in [-0.15, -0.1) is 0 Å². The fraction of sp³-hybridized carbons (Fsp3) is 0.412. The number of fused-ring (bicyclic) bond motifs is 1. The quantitative estimate of drug-likeness (QED) is 0.701. The number of carbonyl (C=O) groups excluding carboxylic acids is 1. The standard InChI is InChI=1S/C17H21N3O4/c1-10(2)7-15(21)16(22)20-14(17(23)24)8-11-9-18-12-5-3-4-6-13(12)19-11/h3-6,9-10,14-15,21H,7-8H2,1-2H3,(H,20,22)(H,23,24)/t14-,15+/m1/s1. The Hall–Kier alpha value is -2.54. The lowest BCUT2D eigenvalue weighted by molar-refractivity contribution is -0.143. The van der Waals surface area contributed by atoms with Gasteiger partial charge in [-0.25, -0.2) is 9.78 Å². The normalized spacial score (nSPS) is 13.7. The summed E-state index contributed by atoms with van der Waals surface area (Å²) in [5.74, 6) is -1.75. The summed E-state index contributed by atoms with van der Waals surface area (Å²) in [4.78, 5) is 31.9. The number of carbonyl (C=O) groups is 2. The van der Waals surface area contributed by atoms with Gasteiger partial charge in [0, 0.05) is 12.6 Å². The van der Waals surface area contributed by atoms with Crippen molar-refractivity contribution in [3.63, 3.8) is 0 Å². The van der Waals surface area contributed by atoms with Crippen LogP contribution in [0.1, 0.15) is 26.0 Å². The van der Waals surface area contributed by atoms with Crippen LogP contribution in [0.3, 0.4) is 0 Å². The van der Waals surface area contributed by atoms with Crippen LogP contribution in [-0.4, -0.2) is 44.2 Å². The third-order valence-electron chi connectivity index (χ3n) is 3.52. The highest BCUT2D eigenvalue weighted by Crippen LogP contribution is 2.10. The lowest BCUT2D eigenvalue weighted by Gasteiger charge is -2.18. The molecule has 0 aliphatic rings. The summed E-state index contributed by atoms with van der Waals surface area (Å²) in [5.41, 5.74) is 1.83. The predicted octanol–water partition coefficient (Wildman–Crippen LogP) is 1.15. The summed E-state index contributed by atoms with van der Waals surface area (Å²) >= 11 is 0. The van der Waals surface area contributed by atoms with Crippen LogP contribution >= 0.6 is 0 Å². The highest BCUT2D eigenvalue weighted by Gasteiger charge is 2.25. The molecule has 0 saturated heterocycles. The van der Waals surface area contributed by atoms with Crippen LogP contribution in [-0.2, 0) is 16.0 Å². The number of carboxylic acids is 1. The van der Waals surface area contributed by atoms with Crippen molar-refractivity contribution >= 4 is 22.9 Å². The van der Waals surface area contributed by atoms with E-state index in [9.17, 15) is 19.8 Å². The van der Waals surface area contributed by atoms with E-state index in [4.69, 9.17) is 0 Å². The van der Waals surface area contributed by atoms with Crippen molar-refractivity contribution in [2.45, 2.75) is 38.8 Å². The maximum atomic E-state index is 11.9. The predicted molar refractivity (Wildman–Crippen MR) is 88.3 cm³/mol. The Morgan fingerprint density at radius 2 is 1.88 bits per heavy atom. The fourth-order valence-electron chi connectivity index (χ4n) is 2.32. The maximum Gasteiger partial charge on any atom is 0.326 e. The van der Waals surface area contributed by atoms with E-state index in [1.807, 2.05) is 32.0 Å². The number of aromatic nitrogens is 2. The van der Waals surface area contributed by atoms with E-state index >= 15 is 0 Å². The van der Waals surface area contributed by atoms with Gasteiger partial charge in [0.05, 0.1) is 16.7 Å². The van der Waals surface area contributed by atoms with Crippen molar-refractivity contribution in [3.05, 3.63) is 36.2 Å². The zero-order valence-electron chi connectivity index (χ0n) is 13.6. The number of aliphatic hydroxyl groups is 1. The molecular formula is C17H21N3O4.